The van der Waals surface area contributed by atoms with Gasteiger partial charge in [-0.05, 0) is 11.5 Å². The molecule has 1 spiro atoms. The third-order valence-corrected chi connectivity index (χ3v) is 7.77. The van der Waals surface area contributed by atoms with Gasteiger partial charge in [0.05, 0.1) is 24.3 Å². The molecule has 4 aliphatic heterocycles. The fourth-order valence-corrected chi connectivity index (χ4v) is 6.01. The van der Waals surface area contributed by atoms with E-state index in [1.165, 1.54) is 4.90 Å². The van der Waals surface area contributed by atoms with Gasteiger partial charge in [-0.2, -0.15) is 0 Å². The summed E-state index contributed by atoms with van der Waals surface area (Å²) < 4.78 is 0. The first-order valence-corrected chi connectivity index (χ1v) is 12.2. The summed E-state index contributed by atoms with van der Waals surface area (Å²) in [5, 5.41) is 55.5. The Balaban J connectivity index is 1.27. The van der Waals surface area contributed by atoms with E-state index >= 15 is 0 Å². The van der Waals surface area contributed by atoms with Gasteiger partial charge in [-0.1, -0.05) is 36.4 Å². The third-order valence-electron chi connectivity index (χ3n) is 7.77. The number of benzene rings is 2. The number of guanidine groups is 2. The molecule has 0 bridgehead atoms. The van der Waals surface area contributed by atoms with Crippen LogP contribution in [0.25, 0.3) is 10.8 Å². The lowest BCUT2D eigenvalue weighted by atomic mass is 9.84. The highest BCUT2D eigenvalue weighted by atomic mass is 16.5. The molecule has 6 rings (SSSR count). The lowest BCUT2D eigenvalue weighted by Gasteiger charge is -2.51. The minimum atomic E-state index is -2.67. The number of anilines is 1. The summed E-state index contributed by atoms with van der Waals surface area (Å²) in [5.41, 5.74) is -1.30. The van der Waals surface area contributed by atoms with Gasteiger partial charge in [-0.15, -0.1) is 0 Å². The molecule has 0 unspecified atom stereocenters. The monoisotopic (exact) mass is 521 g/mol. The van der Waals surface area contributed by atoms with Crippen molar-refractivity contribution in [1.29, 1.82) is 10.8 Å². The molecule has 4 saturated heterocycles. The van der Waals surface area contributed by atoms with Crippen LogP contribution >= 0.6 is 0 Å². The molecule has 14 nitrogen and oxygen atoms in total. The van der Waals surface area contributed by atoms with E-state index in [1.807, 2.05) is 30.3 Å². The second kappa shape index (κ2) is 8.29. The van der Waals surface area contributed by atoms with Crippen molar-refractivity contribution in [2.75, 3.05) is 18.4 Å². The van der Waals surface area contributed by atoms with Gasteiger partial charge in [-0.25, -0.2) is 4.79 Å². The Hall–Kier alpha value is -4.43. The van der Waals surface area contributed by atoms with Crippen molar-refractivity contribution >= 4 is 46.2 Å². The zero-order valence-corrected chi connectivity index (χ0v) is 20.1. The molecule has 9 N–H and O–H groups in total. The average Bonchev–Trinajstić information content (AvgIpc) is 3.47. The van der Waals surface area contributed by atoms with E-state index in [9.17, 15) is 24.6 Å². The topological polar surface area (TPSA) is 206 Å². The zero-order valence-electron chi connectivity index (χ0n) is 20.1. The average molecular weight is 522 g/mol. The van der Waals surface area contributed by atoms with Crippen molar-refractivity contribution in [3.8, 4) is 0 Å². The Bertz CT molecular complexity index is 1380. The number of carbonyl (C=O) groups is 3. The van der Waals surface area contributed by atoms with Crippen LogP contribution in [0.5, 0.6) is 0 Å². The van der Waals surface area contributed by atoms with Crippen LogP contribution in [0.15, 0.2) is 42.5 Å². The van der Waals surface area contributed by atoms with Crippen LogP contribution in [0.1, 0.15) is 12.8 Å². The van der Waals surface area contributed by atoms with Crippen LogP contribution in [0, 0.1) is 10.8 Å². The molecule has 4 heterocycles. The van der Waals surface area contributed by atoms with Crippen LogP contribution in [0.4, 0.5) is 10.5 Å². The third kappa shape index (κ3) is 3.37. The van der Waals surface area contributed by atoms with Crippen molar-refractivity contribution in [1.82, 2.24) is 31.1 Å². The molecular weight excluding hydrogens is 494 g/mol. The number of carbonyl (C=O) groups excluding carboxylic acids is 3. The fourth-order valence-electron chi connectivity index (χ4n) is 6.01. The minimum absolute atomic E-state index is 0.0914. The number of imide groups is 1. The second-order valence-electron chi connectivity index (χ2n) is 9.90. The number of likely N-dealkylation sites (tertiary alicyclic amines) is 1. The van der Waals surface area contributed by atoms with E-state index in [2.05, 4.69) is 26.6 Å². The first kappa shape index (κ1) is 23.9. The van der Waals surface area contributed by atoms with Gasteiger partial charge in [0.15, 0.2) is 17.6 Å². The van der Waals surface area contributed by atoms with E-state index in [0.717, 1.165) is 15.7 Å². The quantitative estimate of drug-likeness (QED) is 0.171. The van der Waals surface area contributed by atoms with Crippen LogP contribution in [0.2, 0.25) is 0 Å². The number of hydrogen-bond acceptors (Lipinski definition) is 7. The van der Waals surface area contributed by atoms with Crippen LogP contribution in [0.3, 0.4) is 0 Å². The van der Waals surface area contributed by atoms with Gasteiger partial charge in [-0.3, -0.25) is 25.3 Å². The first-order chi connectivity index (χ1) is 18.1. The number of nitrogens with one attached hydrogen (secondary N) is 7. The van der Waals surface area contributed by atoms with E-state index < -0.39 is 35.6 Å². The summed E-state index contributed by atoms with van der Waals surface area (Å²) in [4.78, 5) is 39.9. The Morgan fingerprint density at radius 3 is 2.53 bits per heavy atom. The fraction of sp³-hybridized carbons (Fsp3) is 0.375. The summed E-state index contributed by atoms with van der Waals surface area (Å²) in [6.45, 7) is -0.299. The number of fused-ring (bicyclic) bond motifs is 1. The molecule has 198 valence electrons. The van der Waals surface area contributed by atoms with E-state index in [0.29, 0.717) is 5.69 Å². The molecular formula is C24H27N9O5. The Morgan fingerprint density at radius 2 is 1.76 bits per heavy atom. The molecule has 0 saturated carbocycles. The number of hydrogen-bond donors (Lipinski definition) is 9. The minimum Gasteiger partial charge on any atom is -0.361 e. The first-order valence-electron chi connectivity index (χ1n) is 12.2. The SMILES string of the molecule is N=C1N[C@H]2[C@H](CN3C(=O)CCC3=O)NC(=N)N3C[C@H](NC(=O)Nc4cccc5ccccc45)C(O)(O)[C@]23N1. The van der Waals surface area contributed by atoms with Gasteiger partial charge in [0, 0.05) is 24.8 Å². The van der Waals surface area contributed by atoms with E-state index in [-0.39, 0.29) is 49.7 Å². The van der Waals surface area contributed by atoms with Crippen LogP contribution in [-0.2, 0) is 9.59 Å². The lowest BCUT2D eigenvalue weighted by molar-refractivity contribution is -0.232. The molecule has 4 fully saturated rings. The van der Waals surface area contributed by atoms with Gasteiger partial charge in [0.25, 0.3) is 0 Å². The Kier molecular flexibility index (Phi) is 5.22. The molecule has 2 aromatic carbocycles. The van der Waals surface area contributed by atoms with Crippen molar-refractivity contribution < 1.29 is 24.6 Å². The predicted molar refractivity (Wildman–Crippen MR) is 135 cm³/mol. The standard InChI is InChI=1S/C24H27N9O5/c25-20-30-19-15(10-32-17(34)8-9-18(32)35)27-21(26)33-11-16(24(37,38)23(19,33)31-20)29-22(36)28-14-7-3-5-12-4-1-2-6-13(12)14/h1-7,15-16,19,37-38H,8-11H2,(H2,26,27)(H3,25,30,31)(H2,28,29,36)/t15-,16-,19-,23-/m0/s1. The number of nitrogens with zero attached hydrogens (tertiary/aromatic N) is 2. The summed E-state index contributed by atoms with van der Waals surface area (Å²) in [6, 6.07) is 9.19. The Morgan fingerprint density at radius 1 is 1.05 bits per heavy atom. The molecule has 0 radical (unpaired) electrons. The van der Waals surface area contributed by atoms with Gasteiger partial charge < -0.3 is 41.7 Å². The summed E-state index contributed by atoms with van der Waals surface area (Å²) in [5.74, 6) is -3.81. The predicted octanol–water partition coefficient (Wildman–Crippen LogP) is -1.43. The van der Waals surface area contributed by atoms with Crippen LogP contribution < -0.4 is 26.6 Å². The number of aliphatic hydroxyl groups is 2. The number of rotatable bonds is 4. The highest BCUT2D eigenvalue weighted by Crippen LogP contribution is 2.43. The molecule has 4 amide bonds. The molecule has 4 atom stereocenters. The van der Waals surface area contributed by atoms with Gasteiger partial charge >= 0.3 is 6.03 Å². The molecule has 2 aromatic rings. The molecule has 0 aromatic heterocycles. The largest absolute Gasteiger partial charge is 0.361 e. The zero-order chi connectivity index (χ0) is 26.8. The van der Waals surface area contributed by atoms with Gasteiger partial charge in [0.1, 0.15) is 6.04 Å². The molecule has 38 heavy (non-hydrogen) atoms. The molecule has 14 heteroatoms. The molecule has 4 aliphatic rings. The number of amides is 4. The van der Waals surface area contributed by atoms with Crippen molar-refractivity contribution in [2.45, 2.75) is 42.4 Å². The second-order valence-corrected chi connectivity index (χ2v) is 9.90. The summed E-state index contributed by atoms with van der Waals surface area (Å²) >= 11 is 0. The van der Waals surface area contributed by atoms with E-state index in [1.54, 1.807) is 12.1 Å². The highest BCUT2D eigenvalue weighted by molar-refractivity contribution is 6.02. The Labute approximate surface area is 216 Å². The van der Waals surface area contributed by atoms with Crippen molar-refractivity contribution in [2.24, 2.45) is 0 Å². The van der Waals surface area contributed by atoms with Crippen molar-refractivity contribution in [3.05, 3.63) is 42.5 Å². The van der Waals surface area contributed by atoms with Crippen LogP contribution in [-0.4, -0.2) is 92.4 Å². The maximum atomic E-state index is 13.0. The summed E-state index contributed by atoms with van der Waals surface area (Å²) in [7, 11) is 0. The van der Waals surface area contributed by atoms with E-state index in [4.69, 9.17) is 10.8 Å². The van der Waals surface area contributed by atoms with Gasteiger partial charge in [0.2, 0.25) is 17.6 Å². The smallest absolute Gasteiger partial charge is 0.319 e. The normalized spacial score (nSPS) is 29.5. The molecule has 0 aliphatic carbocycles. The maximum Gasteiger partial charge on any atom is 0.319 e. The summed E-state index contributed by atoms with van der Waals surface area (Å²) in [6.07, 6.45) is 0.183. The van der Waals surface area contributed by atoms with Crippen molar-refractivity contribution in [3.63, 3.8) is 0 Å². The lowest BCUT2D eigenvalue weighted by Crippen LogP contribution is -2.81. The highest BCUT2D eigenvalue weighted by Gasteiger charge is 2.74. The number of urea groups is 1. The maximum absolute atomic E-state index is 13.0.